The molecule has 1 amide bonds. The number of para-hydroxylation sites is 3. The number of carbonyl (C=O) groups is 1. The third-order valence-electron chi connectivity index (χ3n) is 4.52. The Morgan fingerprint density at radius 2 is 1.80 bits per heavy atom. The molecule has 2 aliphatic rings. The Morgan fingerprint density at radius 1 is 1.08 bits per heavy atom. The van der Waals surface area contributed by atoms with Gasteiger partial charge in [-0.25, -0.2) is 0 Å². The number of hydrogen-bond acceptors (Lipinski definition) is 5. The molecule has 0 spiro atoms. The summed E-state index contributed by atoms with van der Waals surface area (Å²) in [5, 5.41) is 13.7. The molecule has 6 heteroatoms. The number of aliphatic hydroxyl groups is 1. The fourth-order valence-electron chi connectivity index (χ4n) is 3.12. The molecule has 0 aliphatic carbocycles. The highest BCUT2D eigenvalue weighted by Crippen LogP contribution is 2.36. The number of carbonyl (C=O) groups excluding carboxylic acids is 1. The van der Waals surface area contributed by atoms with Gasteiger partial charge < -0.3 is 24.6 Å². The molecule has 2 aromatic rings. The van der Waals surface area contributed by atoms with Gasteiger partial charge in [0.1, 0.15) is 18.0 Å². The maximum atomic E-state index is 12.4. The third kappa shape index (κ3) is 3.00. The van der Waals surface area contributed by atoms with Crippen LogP contribution in [0.5, 0.6) is 17.2 Å². The lowest BCUT2D eigenvalue weighted by atomic mass is 9.88. The summed E-state index contributed by atoms with van der Waals surface area (Å²) in [5.41, 5.74) is -0.467. The van der Waals surface area contributed by atoms with Crippen LogP contribution in [0, 0.1) is 0 Å². The Labute approximate surface area is 145 Å². The lowest BCUT2D eigenvalue weighted by Crippen LogP contribution is -2.49. The van der Waals surface area contributed by atoms with Crippen molar-refractivity contribution in [2.75, 3.05) is 19.8 Å². The molecule has 2 heterocycles. The van der Waals surface area contributed by atoms with E-state index in [4.69, 9.17) is 14.2 Å². The van der Waals surface area contributed by atoms with Crippen molar-refractivity contribution in [1.82, 2.24) is 5.32 Å². The van der Waals surface area contributed by atoms with Crippen molar-refractivity contribution in [2.45, 2.75) is 18.1 Å². The predicted molar refractivity (Wildman–Crippen MR) is 89.8 cm³/mol. The lowest BCUT2D eigenvalue weighted by Gasteiger charge is -2.35. The van der Waals surface area contributed by atoms with Crippen LogP contribution in [0.4, 0.5) is 0 Å². The SMILES string of the molecule is O=C(NCC1(O)CCOc2ccccc21)C1COc2ccccc2O1. The van der Waals surface area contributed by atoms with Gasteiger partial charge in [-0.1, -0.05) is 30.3 Å². The summed E-state index contributed by atoms with van der Waals surface area (Å²) >= 11 is 0. The third-order valence-corrected chi connectivity index (χ3v) is 4.52. The van der Waals surface area contributed by atoms with Gasteiger partial charge in [-0.15, -0.1) is 0 Å². The average Bonchev–Trinajstić information content (AvgIpc) is 2.66. The van der Waals surface area contributed by atoms with Crippen molar-refractivity contribution in [2.24, 2.45) is 0 Å². The first-order chi connectivity index (χ1) is 12.2. The molecule has 2 N–H and O–H groups in total. The van der Waals surface area contributed by atoms with Crippen LogP contribution in [0.2, 0.25) is 0 Å². The maximum absolute atomic E-state index is 12.4. The smallest absolute Gasteiger partial charge is 0.264 e. The van der Waals surface area contributed by atoms with Crippen LogP contribution < -0.4 is 19.5 Å². The molecule has 2 aromatic carbocycles. The molecule has 0 bridgehead atoms. The van der Waals surface area contributed by atoms with Crippen LogP contribution in [0.3, 0.4) is 0 Å². The van der Waals surface area contributed by atoms with Crippen molar-refractivity contribution >= 4 is 5.91 Å². The molecular weight excluding hydrogens is 322 g/mol. The summed E-state index contributed by atoms with van der Waals surface area (Å²) in [5.74, 6) is 1.51. The zero-order chi connectivity index (χ0) is 17.3. The molecule has 0 saturated heterocycles. The van der Waals surface area contributed by atoms with Gasteiger partial charge >= 0.3 is 0 Å². The molecule has 0 fully saturated rings. The number of amides is 1. The molecule has 2 aliphatic heterocycles. The predicted octanol–water partition coefficient (Wildman–Crippen LogP) is 1.61. The molecule has 2 unspecified atom stereocenters. The molecule has 6 nitrogen and oxygen atoms in total. The molecule has 130 valence electrons. The standard InChI is InChI=1S/C19H19NO5/c21-18(17-11-24-15-7-3-4-8-16(15)25-17)20-12-19(22)9-10-23-14-6-2-1-5-13(14)19/h1-8,17,22H,9-12H2,(H,20,21). The van der Waals surface area contributed by atoms with Crippen LogP contribution in [0.1, 0.15) is 12.0 Å². The highest BCUT2D eigenvalue weighted by molar-refractivity contribution is 5.81. The van der Waals surface area contributed by atoms with Crippen LogP contribution in [-0.2, 0) is 10.4 Å². The van der Waals surface area contributed by atoms with Crippen molar-refractivity contribution in [3.63, 3.8) is 0 Å². The van der Waals surface area contributed by atoms with E-state index >= 15 is 0 Å². The first kappa shape index (κ1) is 15.8. The maximum Gasteiger partial charge on any atom is 0.264 e. The van der Waals surface area contributed by atoms with Gasteiger partial charge in [0.15, 0.2) is 11.5 Å². The van der Waals surface area contributed by atoms with E-state index in [0.29, 0.717) is 35.8 Å². The van der Waals surface area contributed by atoms with Crippen LogP contribution in [0.15, 0.2) is 48.5 Å². The number of ether oxygens (including phenoxy) is 3. The van der Waals surface area contributed by atoms with E-state index in [1.807, 2.05) is 36.4 Å². The first-order valence-electron chi connectivity index (χ1n) is 8.27. The zero-order valence-corrected chi connectivity index (χ0v) is 13.6. The van der Waals surface area contributed by atoms with Crippen LogP contribution in [0.25, 0.3) is 0 Å². The summed E-state index contributed by atoms with van der Waals surface area (Å²) < 4.78 is 16.8. The van der Waals surface area contributed by atoms with E-state index in [1.165, 1.54) is 0 Å². The fraction of sp³-hybridized carbons (Fsp3) is 0.316. The highest BCUT2D eigenvalue weighted by atomic mass is 16.6. The Kier molecular flexibility index (Phi) is 3.97. The van der Waals surface area contributed by atoms with Gasteiger partial charge in [0, 0.05) is 12.0 Å². The van der Waals surface area contributed by atoms with E-state index in [0.717, 1.165) is 0 Å². The van der Waals surface area contributed by atoms with E-state index in [1.54, 1.807) is 12.1 Å². The highest BCUT2D eigenvalue weighted by Gasteiger charge is 2.37. The summed E-state index contributed by atoms with van der Waals surface area (Å²) in [6.45, 7) is 0.633. The van der Waals surface area contributed by atoms with Gasteiger partial charge in [0.2, 0.25) is 6.10 Å². The van der Waals surface area contributed by atoms with E-state index in [9.17, 15) is 9.90 Å². The quantitative estimate of drug-likeness (QED) is 0.887. The van der Waals surface area contributed by atoms with Gasteiger partial charge in [-0.05, 0) is 18.2 Å². The molecular formula is C19H19NO5. The minimum atomic E-state index is -1.15. The second kappa shape index (κ2) is 6.29. The molecule has 0 radical (unpaired) electrons. The molecule has 0 aromatic heterocycles. The van der Waals surface area contributed by atoms with E-state index in [2.05, 4.69) is 5.32 Å². The van der Waals surface area contributed by atoms with Crippen molar-refractivity contribution < 1.29 is 24.1 Å². The zero-order valence-electron chi connectivity index (χ0n) is 13.6. The summed E-state index contributed by atoms with van der Waals surface area (Å²) in [4.78, 5) is 12.4. The molecule has 4 rings (SSSR count). The number of hydrogen-bond donors (Lipinski definition) is 2. The molecule has 0 saturated carbocycles. The van der Waals surface area contributed by atoms with E-state index < -0.39 is 11.7 Å². The monoisotopic (exact) mass is 341 g/mol. The second-order valence-electron chi connectivity index (χ2n) is 6.21. The summed E-state index contributed by atoms with van der Waals surface area (Å²) in [6, 6.07) is 14.6. The van der Waals surface area contributed by atoms with Gasteiger partial charge in [-0.3, -0.25) is 4.79 Å². The van der Waals surface area contributed by atoms with Crippen LogP contribution >= 0.6 is 0 Å². The molecule has 2 atom stereocenters. The summed E-state index contributed by atoms with van der Waals surface area (Å²) in [6.07, 6.45) is -0.330. The lowest BCUT2D eigenvalue weighted by molar-refractivity contribution is -0.132. The average molecular weight is 341 g/mol. The van der Waals surface area contributed by atoms with Gasteiger partial charge in [0.25, 0.3) is 5.91 Å². The number of nitrogens with one attached hydrogen (secondary N) is 1. The second-order valence-corrected chi connectivity index (χ2v) is 6.21. The first-order valence-corrected chi connectivity index (χ1v) is 8.27. The Bertz CT molecular complexity index is 793. The van der Waals surface area contributed by atoms with Crippen molar-refractivity contribution in [1.29, 1.82) is 0 Å². The van der Waals surface area contributed by atoms with E-state index in [-0.39, 0.29) is 19.1 Å². The van der Waals surface area contributed by atoms with Crippen LogP contribution in [-0.4, -0.2) is 36.9 Å². The Hall–Kier alpha value is -2.73. The number of fused-ring (bicyclic) bond motifs is 2. The number of rotatable bonds is 3. The topological polar surface area (TPSA) is 77.0 Å². The van der Waals surface area contributed by atoms with Gasteiger partial charge in [0.05, 0.1) is 13.2 Å². The normalized spacial score (nSPS) is 24.0. The van der Waals surface area contributed by atoms with Gasteiger partial charge in [-0.2, -0.15) is 0 Å². The fourth-order valence-corrected chi connectivity index (χ4v) is 3.12. The van der Waals surface area contributed by atoms with Crippen molar-refractivity contribution in [3.8, 4) is 17.2 Å². The number of benzene rings is 2. The minimum absolute atomic E-state index is 0.0910. The summed E-state index contributed by atoms with van der Waals surface area (Å²) in [7, 11) is 0. The Morgan fingerprint density at radius 3 is 2.64 bits per heavy atom. The van der Waals surface area contributed by atoms with Crippen molar-refractivity contribution in [3.05, 3.63) is 54.1 Å². The largest absolute Gasteiger partial charge is 0.493 e. The Balaban J connectivity index is 1.43. The molecule has 25 heavy (non-hydrogen) atoms. The minimum Gasteiger partial charge on any atom is -0.493 e.